The predicted molar refractivity (Wildman–Crippen MR) is 173 cm³/mol. The van der Waals surface area contributed by atoms with Crippen molar-refractivity contribution in [1.82, 2.24) is 0 Å². The van der Waals surface area contributed by atoms with Gasteiger partial charge in [0.1, 0.15) is 0 Å². The van der Waals surface area contributed by atoms with Crippen LogP contribution < -0.4 is 24.8 Å². The molecule has 0 N–H and O–H groups in total. The minimum Gasteiger partial charge on any atom is -1.00 e. The second-order valence-electron chi connectivity index (χ2n) is 12.4. The number of benzene rings is 3. The van der Waals surface area contributed by atoms with Gasteiger partial charge in [0.15, 0.2) is 0 Å². The van der Waals surface area contributed by atoms with Crippen LogP contribution in [-0.2, 0) is 35.1 Å². The number of allylic oxidation sites excluding steroid dienone is 8. The monoisotopic (exact) mass is 668 g/mol. The van der Waals surface area contributed by atoms with Gasteiger partial charge in [0.05, 0.1) is 0 Å². The van der Waals surface area contributed by atoms with E-state index in [0.29, 0.717) is 0 Å². The SMILES string of the molecule is CC1=CC(C)(C)c2cc3[cH-]c4cc5c(cc4c3cc21)C(C)=CC5(C)C.CC[C](=[Zr+2])c1ccccc1.[C-]1=CC=CC1.[Cl-].[Cl-]. The molecular weight excluding hydrogens is 631 g/mol. The maximum atomic E-state index is 2.99. The Labute approximate surface area is 280 Å². The smallest absolute Gasteiger partial charge is 0.109 e. The fourth-order valence-electron chi connectivity index (χ4n) is 6.40. The molecule has 7 rings (SSSR count). The van der Waals surface area contributed by atoms with Gasteiger partial charge in [-0.25, -0.2) is 12.2 Å². The Morgan fingerprint density at radius 1 is 0.810 bits per heavy atom. The molecule has 3 aliphatic carbocycles. The topological polar surface area (TPSA) is 0 Å². The van der Waals surface area contributed by atoms with Gasteiger partial charge in [0, 0.05) is 10.8 Å². The van der Waals surface area contributed by atoms with E-state index in [1.807, 2.05) is 12.2 Å². The number of halogens is 2. The van der Waals surface area contributed by atoms with Crippen LogP contribution in [0.25, 0.3) is 32.7 Å². The summed E-state index contributed by atoms with van der Waals surface area (Å²) in [5.41, 5.74) is 10.3. The van der Waals surface area contributed by atoms with Crippen molar-refractivity contribution in [2.45, 2.75) is 72.1 Å². The van der Waals surface area contributed by atoms with Gasteiger partial charge in [-0.3, -0.25) is 6.08 Å². The van der Waals surface area contributed by atoms with Gasteiger partial charge in [0.2, 0.25) is 0 Å². The van der Waals surface area contributed by atoms with Crippen LogP contribution in [0.2, 0.25) is 0 Å². The zero-order valence-corrected chi connectivity index (χ0v) is 29.8. The first-order valence-electron chi connectivity index (χ1n) is 14.5. The first-order valence-corrected chi connectivity index (χ1v) is 15.7. The molecule has 3 aliphatic rings. The first kappa shape index (κ1) is 34.3. The predicted octanol–water partition coefficient (Wildman–Crippen LogP) is 4.58. The molecule has 0 aromatic heterocycles. The fraction of sp³-hybridized carbons (Fsp3) is 0.282. The molecule has 216 valence electrons. The van der Waals surface area contributed by atoms with E-state index in [9.17, 15) is 0 Å². The van der Waals surface area contributed by atoms with Crippen LogP contribution >= 0.6 is 0 Å². The molecule has 0 spiro atoms. The largest absolute Gasteiger partial charge is 1.00 e. The summed E-state index contributed by atoms with van der Waals surface area (Å²) in [7, 11) is 0. The molecule has 0 saturated heterocycles. The van der Waals surface area contributed by atoms with Crippen LogP contribution in [0.4, 0.5) is 0 Å². The molecule has 0 radical (unpaired) electrons. The number of rotatable bonds is 2. The van der Waals surface area contributed by atoms with Gasteiger partial charge >= 0.3 is 76.7 Å². The van der Waals surface area contributed by atoms with Crippen LogP contribution in [0, 0.1) is 6.08 Å². The van der Waals surface area contributed by atoms with Crippen molar-refractivity contribution in [3.8, 4) is 0 Å². The van der Waals surface area contributed by atoms with Gasteiger partial charge in [-0.1, -0.05) is 63.1 Å². The summed E-state index contributed by atoms with van der Waals surface area (Å²) in [6.45, 7) is 16.0. The third kappa shape index (κ3) is 6.80. The normalized spacial score (nSPS) is 16.2. The second kappa shape index (κ2) is 13.6. The van der Waals surface area contributed by atoms with Gasteiger partial charge < -0.3 is 24.8 Å². The van der Waals surface area contributed by atoms with Crippen molar-refractivity contribution < 1.29 is 49.0 Å². The average molecular weight is 671 g/mol. The second-order valence-corrected chi connectivity index (χ2v) is 13.9. The van der Waals surface area contributed by atoms with Crippen LogP contribution in [-0.4, -0.2) is 3.21 Å². The molecule has 3 heteroatoms. The Bertz CT molecular complexity index is 1620. The van der Waals surface area contributed by atoms with Crippen molar-refractivity contribution in [3.05, 3.63) is 125 Å². The van der Waals surface area contributed by atoms with Crippen LogP contribution in [0.1, 0.15) is 89.1 Å². The Kier molecular flexibility index (Phi) is 11.1. The summed E-state index contributed by atoms with van der Waals surface area (Å²) in [5, 5.41) is 5.57. The Balaban J connectivity index is 0.000000237. The van der Waals surface area contributed by atoms with E-state index in [1.165, 1.54) is 91.2 Å². The molecule has 0 fully saturated rings. The Morgan fingerprint density at radius 3 is 1.69 bits per heavy atom. The summed E-state index contributed by atoms with van der Waals surface area (Å²) >= 11 is 1.54. The molecule has 0 bridgehead atoms. The molecule has 4 aromatic carbocycles. The molecule has 0 saturated carbocycles. The van der Waals surface area contributed by atoms with Crippen molar-refractivity contribution in [3.63, 3.8) is 0 Å². The quantitative estimate of drug-likeness (QED) is 0.274. The van der Waals surface area contributed by atoms with E-state index in [1.54, 1.807) is 3.21 Å². The molecule has 0 unspecified atom stereocenters. The van der Waals surface area contributed by atoms with Crippen molar-refractivity contribution in [2.75, 3.05) is 0 Å². The van der Waals surface area contributed by atoms with E-state index < -0.39 is 0 Å². The Hall–Kier alpha value is -2.18. The van der Waals surface area contributed by atoms with Crippen LogP contribution in [0.3, 0.4) is 0 Å². The van der Waals surface area contributed by atoms with Crippen molar-refractivity contribution in [1.29, 1.82) is 0 Å². The van der Waals surface area contributed by atoms with Crippen LogP contribution in [0.5, 0.6) is 0 Å². The number of fused-ring (bicyclic) bond motifs is 5. The van der Waals surface area contributed by atoms with Crippen molar-refractivity contribution >= 4 is 35.9 Å². The third-order valence-corrected chi connectivity index (χ3v) is 10.0. The molecule has 0 aliphatic heterocycles. The zero-order chi connectivity index (χ0) is 28.7. The minimum atomic E-state index is 0. The van der Waals surface area contributed by atoms with Gasteiger partial charge in [-0.2, -0.15) is 6.08 Å². The Morgan fingerprint density at radius 2 is 1.31 bits per heavy atom. The molecule has 0 amide bonds. The van der Waals surface area contributed by atoms with E-state index in [-0.39, 0.29) is 35.6 Å². The molecule has 0 heterocycles. The fourth-order valence-corrected chi connectivity index (χ4v) is 6.81. The molecule has 0 atom stereocenters. The molecule has 42 heavy (non-hydrogen) atoms. The first-order chi connectivity index (χ1) is 19.0. The number of hydrogen-bond acceptors (Lipinski definition) is 0. The third-order valence-electron chi connectivity index (χ3n) is 8.43. The van der Waals surface area contributed by atoms with Crippen LogP contribution in [0.15, 0.2) is 91.0 Å². The summed E-state index contributed by atoms with van der Waals surface area (Å²) < 4.78 is 1.55. The van der Waals surface area contributed by atoms with E-state index in [2.05, 4.69) is 133 Å². The molecular formula is C39H40Cl2Zr-2. The maximum absolute atomic E-state index is 2.99. The summed E-state index contributed by atoms with van der Waals surface area (Å²) in [6.07, 6.45) is 16.0. The van der Waals surface area contributed by atoms with E-state index in [4.69, 9.17) is 0 Å². The molecule has 0 nitrogen and oxygen atoms in total. The summed E-state index contributed by atoms with van der Waals surface area (Å²) in [6, 6.07) is 22.7. The van der Waals surface area contributed by atoms with Gasteiger partial charge in [0.25, 0.3) is 0 Å². The van der Waals surface area contributed by atoms with Gasteiger partial charge in [-0.15, -0.1) is 46.2 Å². The summed E-state index contributed by atoms with van der Waals surface area (Å²) in [4.78, 5) is 0. The molecule has 4 aromatic rings. The van der Waals surface area contributed by atoms with E-state index >= 15 is 0 Å². The zero-order valence-electron chi connectivity index (χ0n) is 25.8. The minimum absolute atomic E-state index is 0. The standard InChI is InChI=1S/C25H25.C9H10.C5H5.2ClH.Zr/c1-14-12-24(3,4)22-8-16-7-17-9-23-19(15(2)13-25(23,5)6)11-21(17)20(16)10-18(14)22;1-2-6-9-7-4-3-5-8-9;1-2-4-5-3-1;;;/h7-13H,1-6H3;3-5,7-8H,2H2,1H3;1-3H,4H2;2*1H;/q-1;;-1;;;+2/p-2. The van der Waals surface area contributed by atoms with E-state index in [0.717, 1.165) is 6.42 Å². The number of hydrogen-bond donors (Lipinski definition) is 0. The van der Waals surface area contributed by atoms with Crippen molar-refractivity contribution in [2.24, 2.45) is 0 Å². The summed E-state index contributed by atoms with van der Waals surface area (Å²) in [5.74, 6) is 0. The van der Waals surface area contributed by atoms with Gasteiger partial charge in [-0.05, 0) is 36.1 Å². The average Bonchev–Trinajstić information content (AvgIpc) is 3.70. The maximum Gasteiger partial charge on any atom is -0.109 e.